The van der Waals surface area contributed by atoms with Crippen LogP contribution in [-0.4, -0.2) is 43.0 Å². The zero-order valence-corrected chi connectivity index (χ0v) is 9.02. The normalized spacial score (nSPS) is 20.9. The van der Waals surface area contributed by atoms with E-state index < -0.39 is 12.2 Å². The van der Waals surface area contributed by atoms with Crippen LogP contribution in [0.4, 0.5) is 4.79 Å². The van der Waals surface area contributed by atoms with Crippen LogP contribution >= 0.6 is 0 Å². The van der Waals surface area contributed by atoms with Crippen molar-refractivity contribution in [2.24, 2.45) is 11.7 Å². The van der Waals surface area contributed by atoms with Crippen LogP contribution in [0.1, 0.15) is 19.8 Å². The molecule has 1 aliphatic heterocycles. The largest absolute Gasteiger partial charge is 0.438 e. The highest BCUT2D eigenvalue weighted by Crippen LogP contribution is 2.13. The number of carbonyl (C=O) groups is 2. The first-order valence-corrected chi connectivity index (χ1v) is 5.27. The summed E-state index contributed by atoms with van der Waals surface area (Å²) in [5.41, 5.74) is 4.88. The van der Waals surface area contributed by atoms with Crippen molar-refractivity contribution in [3.8, 4) is 0 Å². The van der Waals surface area contributed by atoms with E-state index in [0.29, 0.717) is 6.29 Å². The van der Waals surface area contributed by atoms with Gasteiger partial charge in [0.1, 0.15) is 0 Å². The Balaban J connectivity index is 2.37. The quantitative estimate of drug-likeness (QED) is 0.671. The molecule has 1 heterocycles. The fourth-order valence-electron chi connectivity index (χ4n) is 1.89. The van der Waals surface area contributed by atoms with Crippen LogP contribution in [0.25, 0.3) is 0 Å². The summed E-state index contributed by atoms with van der Waals surface area (Å²) in [5, 5.41) is 0. The SMILES string of the molecule is CC(CN1CCCC1)C(C=O)OC(N)=O. The second-order valence-corrected chi connectivity index (χ2v) is 4.02. The van der Waals surface area contributed by atoms with Crippen molar-refractivity contribution >= 4 is 12.4 Å². The van der Waals surface area contributed by atoms with Gasteiger partial charge in [0.15, 0.2) is 12.4 Å². The van der Waals surface area contributed by atoms with Gasteiger partial charge in [0, 0.05) is 12.5 Å². The topological polar surface area (TPSA) is 72.6 Å². The summed E-state index contributed by atoms with van der Waals surface area (Å²) in [7, 11) is 0. The van der Waals surface area contributed by atoms with Crippen LogP contribution in [0, 0.1) is 5.92 Å². The zero-order valence-electron chi connectivity index (χ0n) is 9.02. The average molecular weight is 214 g/mol. The van der Waals surface area contributed by atoms with Gasteiger partial charge in [-0.15, -0.1) is 0 Å². The highest BCUT2D eigenvalue weighted by molar-refractivity contribution is 5.69. The molecule has 5 nitrogen and oxygen atoms in total. The fraction of sp³-hybridized carbons (Fsp3) is 0.800. The molecule has 0 spiro atoms. The standard InChI is InChI=1S/C10H18N2O3/c1-8(6-12-4-2-3-5-12)9(7-13)15-10(11)14/h7-9H,2-6H2,1H3,(H2,11,14). The lowest BCUT2D eigenvalue weighted by atomic mass is 10.1. The Morgan fingerprint density at radius 3 is 2.60 bits per heavy atom. The minimum Gasteiger partial charge on any atom is -0.438 e. The van der Waals surface area contributed by atoms with Crippen molar-refractivity contribution in [2.75, 3.05) is 19.6 Å². The van der Waals surface area contributed by atoms with Gasteiger partial charge in [-0.2, -0.15) is 0 Å². The zero-order chi connectivity index (χ0) is 11.3. The molecule has 15 heavy (non-hydrogen) atoms. The predicted octanol–water partition coefficient (Wildman–Crippen LogP) is 0.381. The number of rotatable bonds is 5. The summed E-state index contributed by atoms with van der Waals surface area (Å²) < 4.78 is 4.72. The molecule has 2 N–H and O–H groups in total. The van der Waals surface area contributed by atoms with Gasteiger partial charge in [-0.3, -0.25) is 4.79 Å². The molecule has 0 aromatic carbocycles. The molecule has 0 aromatic heterocycles. The molecular formula is C10H18N2O3. The molecule has 5 heteroatoms. The minimum absolute atomic E-state index is 0.00639. The van der Waals surface area contributed by atoms with E-state index in [1.54, 1.807) is 0 Å². The highest BCUT2D eigenvalue weighted by Gasteiger charge is 2.23. The van der Waals surface area contributed by atoms with E-state index in [9.17, 15) is 9.59 Å². The van der Waals surface area contributed by atoms with Crippen molar-refractivity contribution in [1.82, 2.24) is 4.90 Å². The first kappa shape index (κ1) is 12.0. The Morgan fingerprint density at radius 2 is 2.13 bits per heavy atom. The van der Waals surface area contributed by atoms with Crippen LogP contribution in [0.15, 0.2) is 0 Å². The molecule has 86 valence electrons. The molecule has 2 unspecified atom stereocenters. The van der Waals surface area contributed by atoms with Crippen LogP contribution in [-0.2, 0) is 9.53 Å². The van der Waals surface area contributed by atoms with Gasteiger partial charge in [-0.1, -0.05) is 6.92 Å². The van der Waals surface area contributed by atoms with Crippen molar-refractivity contribution in [3.63, 3.8) is 0 Å². The van der Waals surface area contributed by atoms with Crippen molar-refractivity contribution in [2.45, 2.75) is 25.9 Å². The van der Waals surface area contributed by atoms with Gasteiger partial charge in [0.05, 0.1) is 0 Å². The summed E-state index contributed by atoms with van der Waals surface area (Å²) in [5.74, 6) is -0.00639. The predicted molar refractivity (Wildman–Crippen MR) is 55.4 cm³/mol. The molecule has 0 saturated carbocycles. The number of aldehydes is 1. The maximum atomic E-state index is 10.7. The number of carbonyl (C=O) groups excluding carboxylic acids is 2. The summed E-state index contributed by atoms with van der Waals surface area (Å²) in [6.45, 7) is 4.79. The third-order valence-corrected chi connectivity index (χ3v) is 2.69. The lowest BCUT2D eigenvalue weighted by molar-refractivity contribution is -0.117. The van der Waals surface area contributed by atoms with E-state index in [1.807, 2.05) is 6.92 Å². The van der Waals surface area contributed by atoms with Crippen LogP contribution in [0.2, 0.25) is 0 Å². The number of likely N-dealkylation sites (tertiary alicyclic amines) is 1. The Hall–Kier alpha value is -1.10. The molecule has 1 amide bonds. The van der Waals surface area contributed by atoms with Gasteiger partial charge < -0.3 is 15.4 Å². The second-order valence-electron chi connectivity index (χ2n) is 4.02. The lowest BCUT2D eigenvalue weighted by Crippen LogP contribution is -2.36. The van der Waals surface area contributed by atoms with E-state index in [0.717, 1.165) is 19.6 Å². The molecule has 1 rings (SSSR count). The van der Waals surface area contributed by atoms with Gasteiger partial charge >= 0.3 is 6.09 Å². The van der Waals surface area contributed by atoms with E-state index in [1.165, 1.54) is 12.8 Å². The van der Waals surface area contributed by atoms with Gasteiger partial charge in [-0.05, 0) is 25.9 Å². The van der Waals surface area contributed by atoms with Crippen LogP contribution in [0.5, 0.6) is 0 Å². The summed E-state index contributed by atoms with van der Waals surface area (Å²) in [6.07, 6.45) is 1.44. The maximum Gasteiger partial charge on any atom is 0.405 e. The summed E-state index contributed by atoms with van der Waals surface area (Å²) >= 11 is 0. The monoisotopic (exact) mass is 214 g/mol. The summed E-state index contributed by atoms with van der Waals surface area (Å²) in [6, 6.07) is 0. The molecule has 2 atom stereocenters. The molecule has 0 bridgehead atoms. The third kappa shape index (κ3) is 3.87. The third-order valence-electron chi connectivity index (χ3n) is 2.69. The minimum atomic E-state index is -0.889. The highest BCUT2D eigenvalue weighted by atomic mass is 16.6. The number of nitrogens with zero attached hydrogens (tertiary/aromatic N) is 1. The molecule has 0 radical (unpaired) electrons. The fourth-order valence-corrected chi connectivity index (χ4v) is 1.89. The van der Waals surface area contributed by atoms with E-state index in [2.05, 4.69) is 4.90 Å². The molecule has 1 aliphatic rings. The Kier molecular flexibility index (Phi) is 4.55. The van der Waals surface area contributed by atoms with Gasteiger partial charge in [-0.25, -0.2) is 4.79 Å². The maximum absolute atomic E-state index is 10.7. The van der Waals surface area contributed by atoms with Gasteiger partial charge in [0.2, 0.25) is 0 Å². The van der Waals surface area contributed by atoms with Crippen molar-refractivity contribution in [1.29, 1.82) is 0 Å². The van der Waals surface area contributed by atoms with Crippen molar-refractivity contribution < 1.29 is 14.3 Å². The smallest absolute Gasteiger partial charge is 0.405 e. The molecule has 1 fully saturated rings. The van der Waals surface area contributed by atoms with E-state index in [-0.39, 0.29) is 5.92 Å². The average Bonchev–Trinajstić information content (AvgIpc) is 2.66. The molecule has 0 aliphatic carbocycles. The number of nitrogens with two attached hydrogens (primary N) is 1. The Morgan fingerprint density at radius 1 is 1.53 bits per heavy atom. The van der Waals surface area contributed by atoms with E-state index >= 15 is 0 Å². The second kappa shape index (κ2) is 5.70. The first-order valence-electron chi connectivity index (χ1n) is 5.27. The van der Waals surface area contributed by atoms with E-state index in [4.69, 9.17) is 10.5 Å². The number of amides is 1. The molecular weight excluding hydrogens is 196 g/mol. The number of primary amides is 1. The Labute approximate surface area is 89.6 Å². The van der Waals surface area contributed by atoms with Crippen LogP contribution in [0.3, 0.4) is 0 Å². The van der Waals surface area contributed by atoms with Gasteiger partial charge in [0.25, 0.3) is 0 Å². The number of ether oxygens (including phenoxy) is 1. The lowest BCUT2D eigenvalue weighted by Gasteiger charge is -2.23. The molecule has 1 saturated heterocycles. The summed E-state index contributed by atoms with van der Waals surface area (Å²) in [4.78, 5) is 23.5. The van der Waals surface area contributed by atoms with Crippen molar-refractivity contribution in [3.05, 3.63) is 0 Å². The Bertz CT molecular complexity index is 227. The number of hydrogen-bond acceptors (Lipinski definition) is 4. The number of hydrogen-bond donors (Lipinski definition) is 1. The first-order chi connectivity index (χ1) is 7.13. The molecule has 0 aromatic rings. The van der Waals surface area contributed by atoms with Crippen LogP contribution < -0.4 is 5.73 Å².